The van der Waals surface area contributed by atoms with E-state index in [0.717, 1.165) is 43.7 Å². The van der Waals surface area contributed by atoms with E-state index in [2.05, 4.69) is 29.3 Å². The molecule has 1 aromatic heterocycles. The number of rotatable bonds is 8. The molecule has 1 saturated carbocycles. The summed E-state index contributed by atoms with van der Waals surface area (Å²) in [6, 6.07) is 6.70. The van der Waals surface area contributed by atoms with Crippen LogP contribution in [-0.2, 0) is 6.54 Å². The molecule has 4 heteroatoms. The lowest BCUT2D eigenvalue weighted by Crippen LogP contribution is -2.17. The van der Waals surface area contributed by atoms with Crippen LogP contribution in [0.2, 0.25) is 0 Å². The molecule has 0 spiro atoms. The van der Waals surface area contributed by atoms with Crippen molar-refractivity contribution in [3.63, 3.8) is 0 Å². The van der Waals surface area contributed by atoms with E-state index in [-0.39, 0.29) is 0 Å². The number of pyridine rings is 1. The molecule has 0 atom stereocenters. The summed E-state index contributed by atoms with van der Waals surface area (Å²) in [7, 11) is 4.14. The van der Waals surface area contributed by atoms with E-state index in [1.54, 1.807) is 0 Å². The highest BCUT2D eigenvalue weighted by Gasteiger charge is 2.20. The third kappa shape index (κ3) is 5.02. The van der Waals surface area contributed by atoms with Gasteiger partial charge in [-0.25, -0.2) is 4.98 Å². The van der Waals surface area contributed by atoms with Gasteiger partial charge in [-0.05, 0) is 39.4 Å². The van der Waals surface area contributed by atoms with Crippen LogP contribution in [0.25, 0.3) is 0 Å². The molecule has 0 bridgehead atoms. The summed E-state index contributed by atoms with van der Waals surface area (Å²) >= 11 is 0. The van der Waals surface area contributed by atoms with Crippen LogP contribution in [0.15, 0.2) is 18.2 Å². The Bertz CT molecular complexity index is 364. The molecule has 1 aliphatic carbocycles. The normalized spacial score (nSPS) is 15.1. The van der Waals surface area contributed by atoms with Crippen LogP contribution in [0.5, 0.6) is 5.88 Å². The van der Waals surface area contributed by atoms with Gasteiger partial charge in [-0.1, -0.05) is 6.07 Å². The Morgan fingerprint density at radius 3 is 2.94 bits per heavy atom. The molecule has 0 aliphatic heterocycles. The number of hydrogen-bond acceptors (Lipinski definition) is 4. The van der Waals surface area contributed by atoms with Gasteiger partial charge in [-0.15, -0.1) is 0 Å². The van der Waals surface area contributed by atoms with Crippen LogP contribution < -0.4 is 10.1 Å². The van der Waals surface area contributed by atoms with E-state index in [1.807, 2.05) is 18.2 Å². The molecule has 0 aromatic carbocycles. The first-order valence-corrected chi connectivity index (χ1v) is 6.71. The summed E-state index contributed by atoms with van der Waals surface area (Å²) in [5.41, 5.74) is 1.06. The van der Waals surface area contributed by atoms with Crippen molar-refractivity contribution in [2.24, 2.45) is 0 Å². The molecule has 4 nitrogen and oxygen atoms in total. The van der Waals surface area contributed by atoms with Crippen molar-refractivity contribution in [1.29, 1.82) is 0 Å². The molecule has 0 saturated heterocycles. The lowest BCUT2D eigenvalue weighted by Gasteiger charge is -2.10. The molecule has 0 radical (unpaired) electrons. The molecular weight excluding hydrogens is 226 g/mol. The third-order valence-electron chi connectivity index (χ3n) is 2.93. The number of nitrogens with one attached hydrogen (secondary N) is 1. The predicted octanol–water partition coefficient (Wildman–Crippen LogP) is 1.66. The maximum Gasteiger partial charge on any atom is 0.213 e. The second-order valence-corrected chi connectivity index (χ2v) is 5.13. The minimum Gasteiger partial charge on any atom is -0.478 e. The highest BCUT2D eigenvalue weighted by Crippen LogP contribution is 2.19. The minimum atomic E-state index is 0.719. The van der Waals surface area contributed by atoms with Gasteiger partial charge in [0, 0.05) is 25.2 Å². The molecule has 100 valence electrons. The summed E-state index contributed by atoms with van der Waals surface area (Å²) in [5, 5.41) is 3.46. The smallest absolute Gasteiger partial charge is 0.213 e. The Morgan fingerprint density at radius 2 is 2.22 bits per heavy atom. The summed E-state index contributed by atoms with van der Waals surface area (Å²) in [4.78, 5) is 6.65. The number of nitrogens with zero attached hydrogens (tertiary/aromatic N) is 2. The fourth-order valence-corrected chi connectivity index (χ4v) is 1.73. The van der Waals surface area contributed by atoms with Crippen molar-refractivity contribution >= 4 is 0 Å². The van der Waals surface area contributed by atoms with E-state index in [1.165, 1.54) is 12.8 Å². The standard InChI is InChI=1S/C14H23N3O/c1-17(2)9-4-10-18-14-6-3-5-13(16-14)11-15-12-7-8-12/h3,5-6,12,15H,4,7-11H2,1-2H3. The highest BCUT2D eigenvalue weighted by molar-refractivity contribution is 5.15. The van der Waals surface area contributed by atoms with Crippen LogP contribution in [0.3, 0.4) is 0 Å². The monoisotopic (exact) mass is 249 g/mol. The molecule has 1 aliphatic rings. The Hall–Kier alpha value is -1.13. The number of ether oxygens (including phenoxy) is 1. The van der Waals surface area contributed by atoms with E-state index >= 15 is 0 Å². The van der Waals surface area contributed by atoms with Crippen LogP contribution in [0.4, 0.5) is 0 Å². The maximum atomic E-state index is 5.65. The zero-order chi connectivity index (χ0) is 12.8. The zero-order valence-corrected chi connectivity index (χ0v) is 11.4. The molecule has 1 heterocycles. The molecule has 18 heavy (non-hydrogen) atoms. The second kappa shape index (κ2) is 6.71. The van der Waals surface area contributed by atoms with Gasteiger partial charge in [-0.3, -0.25) is 0 Å². The van der Waals surface area contributed by atoms with E-state index < -0.39 is 0 Å². The van der Waals surface area contributed by atoms with Gasteiger partial charge in [-0.2, -0.15) is 0 Å². The van der Waals surface area contributed by atoms with Gasteiger partial charge in [0.2, 0.25) is 5.88 Å². The van der Waals surface area contributed by atoms with Crippen molar-refractivity contribution in [2.45, 2.75) is 31.8 Å². The van der Waals surface area contributed by atoms with E-state index in [0.29, 0.717) is 0 Å². The first-order chi connectivity index (χ1) is 8.74. The molecule has 0 unspecified atom stereocenters. The van der Waals surface area contributed by atoms with Gasteiger partial charge in [0.1, 0.15) is 0 Å². The lowest BCUT2D eigenvalue weighted by molar-refractivity contribution is 0.272. The Kier molecular flexibility index (Phi) is 4.96. The van der Waals surface area contributed by atoms with Crippen LogP contribution in [0.1, 0.15) is 25.0 Å². The SMILES string of the molecule is CN(C)CCCOc1cccc(CNC2CC2)n1. The first-order valence-electron chi connectivity index (χ1n) is 6.71. The first kappa shape index (κ1) is 13.3. The van der Waals surface area contributed by atoms with Crippen molar-refractivity contribution in [2.75, 3.05) is 27.2 Å². The average molecular weight is 249 g/mol. The average Bonchev–Trinajstić information content (AvgIpc) is 3.17. The zero-order valence-electron chi connectivity index (χ0n) is 11.4. The van der Waals surface area contributed by atoms with Crippen molar-refractivity contribution < 1.29 is 4.74 Å². The molecular formula is C14H23N3O. The molecule has 1 fully saturated rings. The fourth-order valence-electron chi connectivity index (χ4n) is 1.73. The molecule has 0 amide bonds. The third-order valence-corrected chi connectivity index (χ3v) is 2.93. The van der Waals surface area contributed by atoms with Crippen LogP contribution in [0, 0.1) is 0 Å². The van der Waals surface area contributed by atoms with Crippen molar-refractivity contribution in [1.82, 2.24) is 15.2 Å². The maximum absolute atomic E-state index is 5.65. The van der Waals surface area contributed by atoms with Crippen LogP contribution >= 0.6 is 0 Å². The second-order valence-electron chi connectivity index (χ2n) is 5.13. The number of hydrogen-bond donors (Lipinski definition) is 1. The van der Waals surface area contributed by atoms with Gasteiger partial charge < -0.3 is 15.0 Å². The quantitative estimate of drug-likeness (QED) is 0.711. The molecule has 2 rings (SSSR count). The highest BCUT2D eigenvalue weighted by atomic mass is 16.5. The summed E-state index contributed by atoms with van der Waals surface area (Å²) in [6.07, 6.45) is 3.64. The van der Waals surface area contributed by atoms with Crippen molar-refractivity contribution in [3.05, 3.63) is 23.9 Å². The lowest BCUT2D eigenvalue weighted by atomic mass is 10.3. The Morgan fingerprint density at radius 1 is 1.39 bits per heavy atom. The summed E-state index contributed by atoms with van der Waals surface area (Å²) in [6.45, 7) is 2.62. The van der Waals surface area contributed by atoms with Gasteiger partial charge in [0.25, 0.3) is 0 Å². The molecule has 1 N–H and O–H groups in total. The number of aromatic nitrogens is 1. The van der Waals surface area contributed by atoms with E-state index in [9.17, 15) is 0 Å². The largest absolute Gasteiger partial charge is 0.478 e. The van der Waals surface area contributed by atoms with Crippen molar-refractivity contribution in [3.8, 4) is 5.88 Å². The summed E-state index contributed by atoms with van der Waals surface area (Å²) < 4.78 is 5.65. The van der Waals surface area contributed by atoms with Gasteiger partial charge in [0.15, 0.2) is 0 Å². The van der Waals surface area contributed by atoms with Gasteiger partial charge in [0.05, 0.1) is 12.3 Å². The predicted molar refractivity (Wildman–Crippen MR) is 72.8 cm³/mol. The minimum absolute atomic E-state index is 0.719. The Balaban J connectivity index is 1.71. The fraction of sp³-hybridized carbons (Fsp3) is 0.643. The van der Waals surface area contributed by atoms with Gasteiger partial charge >= 0.3 is 0 Å². The van der Waals surface area contributed by atoms with E-state index in [4.69, 9.17) is 4.74 Å². The van der Waals surface area contributed by atoms with Crippen LogP contribution in [-0.4, -0.2) is 43.2 Å². The molecule has 1 aromatic rings. The topological polar surface area (TPSA) is 37.4 Å². The summed E-state index contributed by atoms with van der Waals surface area (Å²) in [5.74, 6) is 0.740. The Labute approximate surface area is 109 Å².